The van der Waals surface area contributed by atoms with Crippen molar-refractivity contribution in [2.24, 2.45) is 0 Å². The number of H-pyrrole nitrogens is 2. The van der Waals surface area contributed by atoms with Gasteiger partial charge in [0.1, 0.15) is 0 Å². The maximum absolute atomic E-state index is 12.5. The Morgan fingerprint density at radius 2 is 2.15 bits per heavy atom. The third-order valence-electron chi connectivity index (χ3n) is 4.96. The summed E-state index contributed by atoms with van der Waals surface area (Å²) in [5.41, 5.74) is 2.11. The fraction of sp³-hybridized carbons (Fsp3) is 0.444. The number of aromatic amines is 2. The summed E-state index contributed by atoms with van der Waals surface area (Å²) >= 11 is 0. The normalized spacial score (nSPS) is 14.3. The third-order valence-corrected chi connectivity index (χ3v) is 4.96. The number of hydrogen-bond acceptors (Lipinski definition) is 5. The van der Waals surface area contributed by atoms with E-state index >= 15 is 0 Å². The first-order valence-electron chi connectivity index (χ1n) is 9.18. The molecule has 9 nitrogen and oxygen atoms in total. The number of fused-ring (bicyclic) bond motifs is 1. The Morgan fingerprint density at radius 1 is 1.33 bits per heavy atom. The maximum Gasteiger partial charge on any atom is 0.323 e. The van der Waals surface area contributed by atoms with E-state index < -0.39 is 0 Å². The molecule has 0 atom stereocenters. The summed E-state index contributed by atoms with van der Waals surface area (Å²) in [5.74, 6) is 1.59. The van der Waals surface area contributed by atoms with Gasteiger partial charge in [0.25, 0.3) is 0 Å². The van der Waals surface area contributed by atoms with Crippen molar-refractivity contribution >= 4 is 17.1 Å². The van der Waals surface area contributed by atoms with Crippen LogP contribution in [0.5, 0.6) is 0 Å². The quantitative estimate of drug-likeness (QED) is 0.615. The third kappa shape index (κ3) is 3.71. The molecule has 142 valence electrons. The number of amides is 2. The van der Waals surface area contributed by atoms with Crippen LogP contribution in [0.1, 0.15) is 49.4 Å². The molecule has 2 amide bonds. The Kier molecular flexibility index (Phi) is 4.66. The molecule has 27 heavy (non-hydrogen) atoms. The van der Waals surface area contributed by atoms with Crippen LogP contribution in [0.15, 0.2) is 27.5 Å². The Hall–Kier alpha value is -3.10. The van der Waals surface area contributed by atoms with Gasteiger partial charge in [-0.25, -0.2) is 9.59 Å². The first kappa shape index (κ1) is 17.3. The minimum absolute atomic E-state index is 0.199. The highest BCUT2D eigenvalue weighted by atomic mass is 16.5. The van der Waals surface area contributed by atoms with Gasteiger partial charge < -0.3 is 24.7 Å². The fourth-order valence-corrected chi connectivity index (χ4v) is 3.13. The van der Waals surface area contributed by atoms with Crippen LogP contribution in [0.2, 0.25) is 0 Å². The Morgan fingerprint density at radius 3 is 2.89 bits per heavy atom. The molecule has 0 spiro atoms. The Labute approximate surface area is 155 Å². The Balaban J connectivity index is 1.36. The van der Waals surface area contributed by atoms with Crippen molar-refractivity contribution in [1.29, 1.82) is 0 Å². The lowest BCUT2D eigenvalue weighted by Gasteiger charge is -2.21. The van der Waals surface area contributed by atoms with Crippen LogP contribution < -0.4 is 11.0 Å². The van der Waals surface area contributed by atoms with Gasteiger partial charge in [0, 0.05) is 19.0 Å². The lowest BCUT2D eigenvalue weighted by molar-refractivity contribution is 0.195. The maximum atomic E-state index is 12.5. The van der Waals surface area contributed by atoms with Crippen LogP contribution in [-0.2, 0) is 13.1 Å². The molecule has 9 heteroatoms. The first-order chi connectivity index (χ1) is 13.1. The molecule has 3 N–H and O–H groups in total. The van der Waals surface area contributed by atoms with E-state index in [-0.39, 0.29) is 11.7 Å². The van der Waals surface area contributed by atoms with Crippen LogP contribution in [0.4, 0.5) is 4.79 Å². The zero-order valence-corrected chi connectivity index (χ0v) is 15.1. The van der Waals surface area contributed by atoms with Crippen molar-refractivity contribution in [2.75, 3.05) is 6.54 Å². The van der Waals surface area contributed by atoms with Crippen molar-refractivity contribution in [3.05, 3.63) is 46.0 Å². The van der Waals surface area contributed by atoms with E-state index in [0.29, 0.717) is 37.3 Å². The minimum atomic E-state index is -0.246. The molecule has 4 rings (SSSR count). The average molecular weight is 370 g/mol. The number of nitrogens with one attached hydrogen (secondary N) is 3. The molecule has 1 aliphatic rings. The standard InChI is InChI=1S/C18H22N6O3/c1-2-24(10-15-22-16(27-23-15)12-4-3-5-12)18(26)19-9-11-6-7-13-14(8-11)21-17(25)20-13/h6-8,12H,2-5,9-10H2,1H3,(H,19,26)(H2,20,21,25). The second kappa shape index (κ2) is 7.26. The summed E-state index contributed by atoms with van der Waals surface area (Å²) in [6.45, 7) is 3.10. The van der Waals surface area contributed by atoms with Gasteiger partial charge in [-0.15, -0.1) is 0 Å². The molecule has 2 heterocycles. The lowest BCUT2D eigenvalue weighted by atomic mass is 9.85. The van der Waals surface area contributed by atoms with E-state index in [1.807, 2.05) is 25.1 Å². The Bertz CT molecular complexity index is 1000. The molecule has 1 fully saturated rings. The van der Waals surface area contributed by atoms with Crippen LogP contribution in [0, 0.1) is 0 Å². The highest BCUT2D eigenvalue weighted by Gasteiger charge is 2.26. The van der Waals surface area contributed by atoms with E-state index in [0.717, 1.165) is 29.4 Å². The van der Waals surface area contributed by atoms with Crippen molar-refractivity contribution < 1.29 is 9.32 Å². The second-order valence-electron chi connectivity index (χ2n) is 6.81. The number of imidazole rings is 1. The molecule has 3 aromatic rings. The summed E-state index contributed by atoms with van der Waals surface area (Å²) in [5, 5.41) is 6.89. The van der Waals surface area contributed by atoms with Gasteiger partial charge in [-0.3, -0.25) is 0 Å². The van der Waals surface area contributed by atoms with E-state index in [4.69, 9.17) is 4.52 Å². The van der Waals surface area contributed by atoms with Crippen molar-refractivity contribution in [3.8, 4) is 0 Å². The van der Waals surface area contributed by atoms with Gasteiger partial charge in [0.05, 0.1) is 17.6 Å². The van der Waals surface area contributed by atoms with E-state index in [1.54, 1.807) is 4.90 Å². The van der Waals surface area contributed by atoms with Crippen molar-refractivity contribution in [3.63, 3.8) is 0 Å². The summed E-state index contributed by atoms with van der Waals surface area (Å²) in [7, 11) is 0. The summed E-state index contributed by atoms with van der Waals surface area (Å²) in [6.07, 6.45) is 3.39. The molecule has 1 aliphatic carbocycles. The number of carbonyl (C=O) groups excluding carboxylic acids is 1. The number of rotatable bonds is 6. The zero-order valence-electron chi connectivity index (χ0n) is 15.1. The molecule has 2 aromatic heterocycles. The van der Waals surface area contributed by atoms with E-state index in [9.17, 15) is 9.59 Å². The molecule has 1 saturated carbocycles. The molecule has 0 unspecified atom stereocenters. The topological polar surface area (TPSA) is 120 Å². The van der Waals surface area contributed by atoms with Crippen LogP contribution in [0.3, 0.4) is 0 Å². The SMILES string of the molecule is CCN(Cc1noc(C2CCC2)n1)C(=O)NCc1ccc2[nH]c(=O)[nH]c2c1. The summed E-state index contributed by atoms with van der Waals surface area (Å²) in [4.78, 5) is 35.3. The van der Waals surface area contributed by atoms with Gasteiger partial charge in [0.15, 0.2) is 5.82 Å². The van der Waals surface area contributed by atoms with Crippen LogP contribution in [0.25, 0.3) is 11.0 Å². The second-order valence-corrected chi connectivity index (χ2v) is 6.81. The van der Waals surface area contributed by atoms with Gasteiger partial charge >= 0.3 is 11.7 Å². The lowest BCUT2D eigenvalue weighted by Crippen LogP contribution is -2.39. The number of carbonyl (C=O) groups is 1. The average Bonchev–Trinajstić information content (AvgIpc) is 3.21. The summed E-state index contributed by atoms with van der Waals surface area (Å²) < 4.78 is 5.31. The highest BCUT2D eigenvalue weighted by Crippen LogP contribution is 2.35. The molecular weight excluding hydrogens is 348 g/mol. The predicted molar refractivity (Wildman–Crippen MR) is 98.1 cm³/mol. The number of benzene rings is 1. The number of hydrogen-bond donors (Lipinski definition) is 3. The molecular formula is C18H22N6O3. The van der Waals surface area contributed by atoms with E-state index in [2.05, 4.69) is 25.4 Å². The molecule has 0 bridgehead atoms. The van der Waals surface area contributed by atoms with Crippen molar-refractivity contribution in [2.45, 2.75) is 45.2 Å². The van der Waals surface area contributed by atoms with Gasteiger partial charge in [-0.05, 0) is 37.5 Å². The summed E-state index contributed by atoms with van der Waals surface area (Å²) in [6, 6.07) is 5.32. The smallest absolute Gasteiger partial charge is 0.323 e. The van der Waals surface area contributed by atoms with Crippen molar-refractivity contribution in [1.82, 2.24) is 30.3 Å². The predicted octanol–water partition coefficient (Wildman–Crippen LogP) is 2.24. The highest BCUT2D eigenvalue weighted by molar-refractivity contribution is 5.76. The molecule has 0 radical (unpaired) electrons. The van der Waals surface area contributed by atoms with Gasteiger partial charge in [0.2, 0.25) is 5.89 Å². The largest absolute Gasteiger partial charge is 0.339 e. The molecule has 0 saturated heterocycles. The number of urea groups is 1. The van der Waals surface area contributed by atoms with Gasteiger partial charge in [-0.1, -0.05) is 17.6 Å². The molecule has 0 aliphatic heterocycles. The number of nitrogens with zero attached hydrogens (tertiary/aromatic N) is 3. The van der Waals surface area contributed by atoms with Gasteiger partial charge in [-0.2, -0.15) is 4.98 Å². The number of aromatic nitrogens is 4. The van der Waals surface area contributed by atoms with Crippen LogP contribution >= 0.6 is 0 Å². The van der Waals surface area contributed by atoms with E-state index in [1.165, 1.54) is 6.42 Å². The fourth-order valence-electron chi connectivity index (χ4n) is 3.13. The minimum Gasteiger partial charge on any atom is -0.339 e. The van der Waals surface area contributed by atoms with Crippen LogP contribution in [-0.4, -0.2) is 37.6 Å². The molecule has 1 aromatic carbocycles. The monoisotopic (exact) mass is 370 g/mol. The first-order valence-corrected chi connectivity index (χ1v) is 9.18. The zero-order chi connectivity index (χ0) is 18.8.